The van der Waals surface area contributed by atoms with E-state index in [4.69, 9.17) is 5.73 Å². The van der Waals surface area contributed by atoms with E-state index in [9.17, 15) is 4.39 Å². The van der Waals surface area contributed by atoms with Crippen LogP contribution in [0.3, 0.4) is 0 Å². The number of nitrogens with zero attached hydrogens (tertiary/aromatic N) is 2. The first-order chi connectivity index (χ1) is 12.2. The van der Waals surface area contributed by atoms with Gasteiger partial charge in [0.25, 0.3) is 0 Å². The zero-order valence-corrected chi connectivity index (χ0v) is 13.9. The summed E-state index contributed by atoms with van der Waals surface area (Å²) in [4.78, 5) is 2.32. The molecule has 2 atom stereocenters. The fourth-order valence-electron chi connectivity index (χ4n) is 3.66. The molecule has 1 fully saturated rings. The SMILES string of the molecule is N[C@@H]1CN(Cc2cn[nH]c2-c2ccccc2F)C[C@H]1c1ccccc1. The lowest BCUT2D eigenvalue weighted by Gasteiger charge is -2.16. The molecule has 3 aromatic rings. The zero-order chi connectivity index (χ0) is 17.2. The highest BCUT2D eigenvalue weighted by atomic mass is 19.1. The van der Waals surface area contributed by atoms with Gasteiger partial charge in [-0.05, 0) is 17.7 Å². The molecule has 5 heteroatoms. The molecule has 0 saturated carbocycles. The fraction of sp³-hybridized carbons (Fsp3) is 0.250. The lowest BCUT2D eigenvalue weighted by atomic mass is 9.95. The molecule has 1 aliphatic rings. The molecule has 128 valence electrons. The molecule has 0 amide bonds. The highest BCUT2D eigenvalue weighted by Gasteiger charge is 2.31. The van der Waals surface area contributed by atoms with Gasteiger partial charge in [-0.25, -0.2) is 4.39 Å². The molecule has 2 heterocycles. The predicted molar refractivity (Wildman–Crippen MR) is 96.4 cm³/mol. The van der Waals surface area contributed by atoms with E-state index < -0.39 is 0 Å². The molecule has 4 nitrogen and oxygen atoms in total. The summed E-state index contributed by atoms with van der Waals surface area (Å²) < 4.78 is 14.1. The maximum absolute atomic E-state index is 14.1. The molecular weight excluding hydrogens is 315 g/mol. The van der Waals surface area contributed by atoms with Gasteiger partial charge in [0.05, 0.1) is 11.9 Å². The highest BCUT2D eigenvalue weighted by molar-refractivity contribution is 5.63. The summed E-state index contributed by atoms with van der Waals surface area (Å²) in [5.41, 5.74) is 9.95. The van der Waals surface area contributed by atoms with Gasteiger partial charge >= 0.3 is 0 Å². The maximum atomic E-state index is 14.1. The van der Waals surface area contributed by atoms with Gasteiger partial charge in [0.15, 0.2) is 0 Å². The number of aromatic amines is 1. The van der Waals surface area contributed by atoms with Crippen LogP contribution in [0.1, 0.15) is 17.0 Å². The summed E-state index contributed by atoms with van der Waals surface area (Å²) >= 11 is 0. The molecule has 0 radical (unpaired) electrons. The molecule has 3 N–H and O–H groups in total. The first-order valence-electron chi connectivity index (χ1n) is 8.52. The van der Waals surface area contributed by atoms with E-state index in [0.717, 1.165) is 24.3 Å². The van der Waals surface area contributed by atoms with Crippen LogP contribution >= 0.6 is 0 Å². The van der Waals surface area contributed by atoms with Gasteiger partial charge in [-0.2, -0.15) is 5.10 Å². The number of hydrogen-bond donors (Lipinski definition) is 2. The Kier molecular flexibility index (Phi) is 4.34. The molecule has 4 rings (SSSR count). The Morgan fingerprint density at radius 3 is 2.64 bits per heavy atom. The van der Waals surface area contributed by atoms with Crippen LogP contribution in [0.2, 0.25) is 0 Å². The first-order valence-corrected chi connectivity index (χ1v) is 8.52. The van der Waals surface area contributed by atoms with E-state index in [1.54, 1.807) is 18.3 Å². The van der Waals surface area contributed by atoms with Crippen LogP contribution in [0.15, 0.2) is 60.8 Å². The van der Waals surface area contributed by atoms with Crippen LogP contribution in [0.5, 0.6) is 0 Å². The van der Waals surface area contributed by atoms with Crippen molar-refractivity contribution in [3.63, 3.8) is 0 Å². The minimum atomic E-state index is -0.242. The molecule has 1 saturated heterocycles. The second-order valence-electron chi connectivity index (χ2n) is 6.63. The van der Waals surface area contributed by atoms with Crippen LogP contribution in [-0.4, -0.2) is 34.2 Å². The van der Waals surface area contributed by atoms with E-state index >= 15 is 0 Å². The third-order valence-corrected chi connectivity index (χ3v) is 4.92. The van der Waals surface area contributed by atoms with Gasteiger partial charge in [-0.1, -0.05) is 42.5 Å². The lowest BCUT2D eigenvalue weighted by Crippen LogP contribution is -2.28. The second-order valence-corrected chi connectivity index (χ2v) is 6.63. The number of aromatic nitrogens is 2. The van der Waals surface area contributed by atoms with Crippen molar-refractivity contribution >= 4 is 0 Å². The van der Waals surface area contributed by atoms with Gasteiger partial charge in [-0.15, -0.1) is 0 Å². The Bertz CT molecular complexity index is 846. The Hall–Kier alpha value is -2.50. The average molecular weight is 336 g/mol. The van der Waals surface area contributed by atoms with Crippen LogP contribution in [0.4, 0.5) is 4.39 Å². The number of likely N-dealkylation sites (tertiary alicyclic amines) is 1. The monoisotopic (exact) mass is 336 g/mol. The third-order valence-electron chi connectivity index (χ3n) is 4.92. The number of nitrogens with two attached hydrogens (primary N) is 1. The molecule has 1 aliphatic heterocycles. The van der Waals surface area contributed by atoms with Crippen molar-refractivity contribution in [3.05, 3.63) is 77.7 Å². The average Bonchev–Trinajstić information content (AvgIpc) is 3.23. The van der Waals surface area contributed by atoms with Crippen molar-refractivity contribution in [2.75, 3.05) is 13.1 Å². The minimum absolute atomic E-state index is 0.103. The number of nitrogens with one attached hydrogen (secondary N) is 1. The Balaban J connectivity index is 1.53. The van der Waals surface area contributed by atoms with Gasteiger partial charge in [0, 0.05) is 42.7 Å². The molecule has 0 unspecified atom stereocenters. The fourth-order valence-corrected chi connectivity index (χ4v) is 3.66. The predicted octanol–water partition coefficient (Wildman–Crippen LogP) is 3.14. The van der Waals surface area contributed by atoms with Crippen molar-refractivity contribution in [2.24, 2.45) is 5.73 Å². The van der Waals surface area contributed by atoms with Crippen molar-refractivity contribution in [1.82, 2.24) is 15.1 Å². The maximum Gasteiger partial charge on any atom is 0.132 e. The topological polar surface area (TPSA) is 57.9 Å². The number of rotatable bonds is 4. The number of H-pyrrole nitrogens is 1. The van der Waals surface area contributed by atoms with Crippen LogP contribution in [-0.2, 0) is 6.54 Å². The molecule has 1 aromatic heterocycles. The largest absolute Gasteiger partial charge is 0.326 e. The van der Waals surface area contributed by atoms with Crippen molar-refractivity contribution in [1.29, 1.82) is 0 Å². The quantitative estimate of drug-likeness (QED) is 0.769. The van der Waals surface area contributed by atoms with Gasteiger partial charge in [0.1, 0.15) is 5.82 Å². The second kappa shape index (κ2) is 6.78. The molecular formula is C20H21FN4. The summed E-state index contributed by atoms with van der Waals surface area (Å²) in [6.07, 6.45) is 1.78. The molecule has 0 aliphatic carbocycles. The van der Waals surface area contributed by atoms with E-state index in [0.29, 0.717) is 18.0 Å². The Morgan fingerprint density at radius 1 is 1.08 bits per heavy atom. The van der Waals surface area contributed by atoms with Gasteiger partial charge in [-0.3, -0.25) is 10.00 Å². The summed E-state index contributed by atoms with van der Waals surface area (Å²) in [5.74, 6) is 0.0818. The molecule has 0 bridgehead atoms. The summed E-state index contributed by atoms with van der Waals surface area (Å²) in [6.45, 7) is 2.42. The van der Waals surface area contributed by atoms with Crippen LogP contribution in [0, 0.1) is 5.82 Å². The van der Waals surface area contributed by atoms with Gasteiger partial charge in [0.2, 0.25) is 0 Å². The number of benzene rings is 2. The number of halogens is 1. The Morgan fingerprint density at radius 2 is 1.84 bits per heavy atom. The summed E-state index contributed by atoms with van der Waals surface area (Å²) in [7, 11) is 0. The van der Waals surface area contributed by atoms with E-state index in [2.05, 4.69) is 39.4 Å². The van der Waals surface area contributed by atoms with Crippen molar-refractivity contribution in [3.8, 4) is 11.3 Å². The van der Waals surface area contributed by atoms with Gasteiger partial charge < -0.3 is 5.73 Å². The molecule has 0 spiro atoms. The van der Waals surface area contributed by atoms with E-state index in [1.165, 1.54) is 11.6 Å². The normalized spacial score (nSPS) is 20.9. The summed E-state index contributed by atoms with van der Waals surface area (Å²) in [6, 6.07) is 17.3. The standard InChI is InChI=1S/C20H21FN4/c21-18-9-5-4-8-16(18)20-15(10-23-24-20)11-25-12-17(19(22)13-25)14-6-2-1-3-7-14/h1-10,17,19H,11-13,22H2,(H,23,24)/t17-,19+/m0/s1. The Labute approximate surface area is 146 Å². The first kappa shape index (κ1) is 16.0. The lowest BCUT2D eigenvalue weighted by molar-refractivity contribution is 0.324. The van der Waals surface area contributed by atoms with Crippen molar-refractivity contribution in [2.45, 2.75) is 18.5 Å². The summed E-state index contributed by atoms with van der Waals surface area (Å²) in [5, 5.41) is 7.07. The van der Waals surface area contributed by atoms with Crippen LogP contribution in [0.25, 0.3) is 11.3 Å². The van der Waals surface area contributed by atoms with Crippen molar-refractivity contribution < 1.29 is 4.39 Å². The van der Waals surface area contributed by atoms with Crippen LogP contribution < -0.4 is 5.73 Å². The third kappa shape index (κ3) is 3.21. The smallest absolute Gasteiger partial charge is 0.132 e. The van der Waals surface area contributed by atoms with E-state index in [-0.39, 0.29) is 11.9 Å². The highest BCUT2D eigenvalue weighted by Crippen LogP contribution is 2.30. The molecule has 2 aromatic carbocycles. The zero-order valence-electron chi connectivity index (χ0n) is 13.9. The minimum Gasteiger partial charge on any atom is -0.326 e. The molecule has 25 heavy (non-hydrogen) atoms. The van der Waals surface area contributed by atoms with E-state index in [1.807, 2.05) is 12.1 Å². The number of hydrogen-bond acceptors (Lipinski definition) is 3.